The number of ether oxygens (including phenoxy) is 1. The lowest BCUT2D eigenvalue weighted by atomic mass is 10.2. The molecule has 0 bridgehead atoms. The Kier molecular flexibility index (Phi) is 3.34. The van der Waals surface area contributed by atoms with Crippen LogP contribution in [0.3, 0.4) is 0 Å². The zero-order chi connectivity index (χ0) is 12.1. The van der Waals surface area contributed by atoms with Crippen LogP contribution in [0.1, 0.15) is 5.56 Å². The average Bonchev–Trinajstić information content (AvgIpc) is 2.37. The summed E-state index contributed by atoms with van der Waals surface area (Å²) in [6, 6.07) is 5.54. The monoisotopic (exact) mass is 231 g/mol. The smallest absolute Gasteiger partial charge is 0.221 e. The first kappa shape index (κ1) is 11.1. The zero-order valence-electron chi connectivity index (χ0n) is 9.42. The molecule has 0 aliphatic heterocycles. The molecule has 88 valence electrons. The molecule has 17 heavy (non-hydrogen) atoms. The molecule has 0 aliphatic rings. The summed E-state index contributed by atoms with van der Waals surface area (Å²) in [5.74, 6) is 1.51. The number of hydrogen-bond acceptors (Lipinski definition) is 6. The van der Waals surface area contributed by atoms with Gasteiger partial charge in [0, 0.05) is 24.5 Å². The van der Waals surface area contributed by atoms with Gasteiger partial charge in [-0.1, -0.05) is 6.07 Å². The first-order chi connectivity index (χ1) is 8.29. The van der Waals surface area contributed by atoms with Crippen molar-refractivity contribution in [2.24, 2.45) is 0 Å². The number of pyridine rings is 1. The fourth-order valence-electron chi connectivity index (χ4n) is 1.40. The Morgan fingerprint density at radius 1 is 1.29 bits per heavy atom. The number of nitrogen functional groups attached to an aromatic ring is 1. The zero-order valence-corrected chi connectivity index (χ0v) is 9.42. The summed E-state index contributed by atoms with van der Waals surface area (Å²) in [5.41, 5.74) is 6.44. The highest BCUT2D eigenvalue weighted by Crippen LogP contribution is 2.15. The molecular formula is C11H13N5O. The van der Waals surface area contributed by atoms with Gasteiger partial charge in [0.25, 0.3) is 0 Å². The van der Waals surface area contributed by atoms with Crippen LogP contribution in [0.5, 0.6) is 5.88 Å². The number of nitrogens with zero attached hydrogens (tertiary/aromatic N) is 3. The fourth-order valence-corrected chi connectivity index (χ4v) is 1.40. The van der Waals surface area contributed by atoms with E-state index in [1.165, 1.54) is 0 Å². The second-order valence-corrected chi connectivity index (χ2v) is 3.33. The third kappa shape index (κ3) is 2.81. The van der Waals surface area contributed by atoms with Crippen LogP contribution < -0.4 is 15.8 Å². The van der Waals surface area contributed by atoms with E-state index in [0.717, 1.165) is 5.56 Å². The third-order valence-electron chi connectivity index (χ3n) is 2.18. The van der Waals surface area contributed by atoms with Gasteiger partial charge in [0.1, 0.15) is 5.82 Å². The number of nitrogens with two attached hydrogens (primary N) is 1. The average molecular weight is 231 g/mol. The Morgan fingerprint density at radius 2 is 2.18 bits per heavy atom. The van der Waals surface area contributed by atoms with Crippen molar-refractivity contribution in [2.45, 2.75) is 6.54 Å². The van der Waals surface area contributed by atoms with Gasteiger partial charge in [0.2, 0.25) is 11.8 Å². The van der Waals surface area contributed by atoms with Gasteiger partial charge in [0.15, 0.2) is 0 Å². The quantitative estimate of drug-likeness (QED) is 0.818. The van der Waals surface area contributed by atoms with Crippen LogP contribution in [0.25, 0.3) is 0 Å². The van der Waals surface area contributed by atoms with Gasteiger partial charge in [0.05, 0.1) is 7.11 Å². The van der Waals surface area contributed by atoms with Crippen LogP contribution in [0, 0.1) is 0 Å². The minimum atomic E-state index is 0.244. The Hall–Kier alpha value is -2.37. The van der Waals surface area contributed by atoms with Crippen molar-refractivity contribution in [1.82, 2.24) is 15.0 Å². The van der Waals surface area contributed by atoms with Crippen molar-refractivity contribution in [3.05, 3.63) is 36.2 Å². The summed E-state index contributed by atoms with van der Waals surface area (Å²) in [6.45, 7) is 0.563. The minimum absolute atomic E-state index is 0.244. The van der Waals surface area contributed by atoms with E-state index in [1.807, 2.05) is 12.1 Å². The summed E-state index contributed by atoms with van der Waals surface area (Å²) < 4.78 is 5.15. The lowest BCUT2D eigenvalue weighted by Gasteiger charge is -2.08. The Labute approximate surface area is 98.9 Å². The molecule has 0 radical (unpaired) electrons. The number of aromatic nitrogens is 3. The Morgan fingerprint density at radius 3 is 2.94 bits per heavy atom. The van der Waals surface area contributed by atoms with Crippen LogP contribution in [0.15, 0.2) is 30.6 Å². The number of nitrogens with one attached hydrogen (secondary N) is 1. The summed E-state index contributed by atoms with van der Waals surface area (Å²) in [5, 5.41) is 3.13. The van der Waals surface area contributed by atoms with Gasteiger partial charge in [-0.3, -0.25) is 0 Å². The van der Waals surface area contributed by atoms with Crippen molar-refractivity contribution < 1.29 is 4.74 Å². The van der Waals surface area contributed by atoms with Crippen molar-refractivity contribution in [1.29, 1.82) is 0 Å². The minimum Gasteiger partial charge on any atom is -0.481 e. The highest BCUT2D eigenvalue weighted by molar-refractivity contribution is 5.39. The molecule has 3 N–H and O–H groups in total. The lowest BCUT2D eigenvalue weighted by molar-refractivity contribution is 0.393. The highest BCUT2D eigenvalue weighted by atomic mass is 16.5. The summed E-state index contributed by atoms with van der Waals surface area (Å²) >= 11 is 0. The van der Waals surface area contributed by atoms with E-state index in [2.05, 4.69) is 20.3 Å². The predicted molar refractivity (Wildman–Crippen MR) is 64.6 cm³/mol. The molecule has 0 atom stereocenters. The van der Waals surface area contributed by atoms with Gasteiger partial charge >= 0.3 is 0 Å². The molecule has 6 nitrogen and oxygen atoms in total. The molecule has 0 amide bonds. The van der Waals surface area contributed by atoms with Gasteiger partial charge < -0.3 is 15.8 Å². The largest absolute Gasteiger partial charge is 0.481 e. The Bertz CT molecular complexity index is 503. The molecule has 2 aromatic heterocycles. The van der Waals surface area contributed by atoms with Crippen LogP contribution in [-0.4, -0.2) is 22.1 Å². The molecule has 2 rings (SSSR count). The van der Waals surface area contributed by atoms with Gasteiger partial charge in [-0.25, -0.2) is 9.97 Å². The number of hydrogen-bond donors (Lipinski definition) is 2. The van der Waals surface area contributed by atoms with E-state index in [9.17, 15) is 0 Å². The molecule has 0 aromatic carbocycles. The SMILES string of the molecule is COc1ncccc1CNc1ccnc(N)n1. The number of rotatable bonds is 4. The van der Waals surface area contributed by atoms with Crippen molar-refractivity contribution in [2.75, 3.05) is 18.2 Å². The van der Waals surface area contributed by atoms with E-state index < -0.39 is 0 Å². The highest BCUT2D eigenvalue weighted by Gasteiger charge is 2.03. The molecular weight excluding hydrogens is 218 g/mol. The van der Waals surface area contributed by atoms with E-state index in [0.29, 0.717) is 18.2 Å². The molecule has 0 saturated heterocycles. The van der Waals surface area contributed by atoms with Gasteiger partial charge in [-0.15, -0.1) is 0 Å². The van der Waals surface area contributed by atoms with Crippen LogP contribution in [0.4, 0.5) is 11.8 Å². The van der Waals surface area contributed by atoms with Crippen molar-refractivity contribution >= 4 is 11.8 Å². The van der Waals surface area contributed by atoms with Crippen LogP contribution >= 0.6 is 0 Å². The first-order valence-electron chi connectivity index (χ1n) is 5.10. The topological polar surface area (TPSA) is 86.0 Å². The van der Waals surface area contributed by atoms with E-state index in [1.54, 1.807) is 25.6 Å². The normalized spacial score (nSPS) is 9.94. The van der Waals surface area contributed by atoms with Crippen molar-refractivity contribution in [3.8, 4) is 5.88 Å². The second kappa shape index (κ2) is 5.11. The van der Waals surface area contributed by atoms with E-state index >= 15 is 0 Å². The van der Waals surface area contributed by atoms with E-state index in [-0.39, 0.29) is 5.95 Å². The maximum atomic E-state index is 5.48. The molecule has 6 heteroatoms. The van der Waals surface area contributed by atoms with Gasteiger partial charge in [-0.05, 0) is 12.1 Å². The van der Waals surface area contributed by atoms with Gasteiger partial charge in [-0.2, -0.15) is 4.98 Å². The number of methoxy groups -OCH3 is 1. The summed E-state index contributed by atoms with van der Waals surface area (Å²) in [4.78, 5) is 12.0. The number of anilines is 2. The van der Waals surface area contributed by atoms with Crippen LogP contribution in [0.2, 0.25) is 0 Å². The molecule has 0 fully saturated rings. The molecule has 2 heterocycles. The molecule has 0 unspecified atom stereocenters. The molecule has 0 spiro atoms. The second-order valence-electron chi connectivity index (χ2n) is 3.33. The molecule has 2 aromatic rings. The maximum absolute atomic E-state index is 5.48. The van der Waals surface area contributed by atoms with Crippen molar-refractivity contribution in [3.63, 3.8) is 0 Å². The predicted octanol–water partition coefficient (Wildman–Crippen LogP) is 1.07. The summed E-state index contributed by atoms with van der Waals surface area (Å²) in [7, 11) is 1.59. The summed E-state index contributed by atoms with van der Waals surface area (Å²) in [6.07, 6.45) is 3.29. The molecule has 0 aliphatic carbocycles. The third-order valence-corrected chi connectivity index (χ3v) is 2.18. The fraction of sp³-hybridized carbons (Fsp3) is 0.182. The molecule has 0 saturated carbocycles. The van der Waals surface area contributed by atoms with Crippen LogP contribution in [-0.2, 0) is 6.54 Å². The standard InChI is InChI=1S/C11H13N5O/c1-17-10-8(3-2-5-13-10)7-15-9-4-6-14-11(12)16-9/h2-6H,7H2,1H3,(H3,12,14,15,16). The lowest BCUT2D eigenvalue weighted by Crippen LogP contribution is -2.05. The van der Waals surface area contributed by atoms with E-state index in [4.69, 9.17) is 10.5 Å². The Balaban J connectivity index is 2.07. The maximum Gasteiger partial charge on any atom is 0.221 e. The first-order valence-corrected chi connectivity index (χ1v) is 5.10.